The largest absolute Gasteiger partial charge is 0.467 e. The van der Waals surface area contributed by atoms with Crippen LogP contribution in [0.2, 0.25) is 0 Å². The quantitative estimate of drug-likeness (QED) is 0.655. The van der Waals surface area contributed by atoms with Crippen molar-refractivity contribution in [2.24, 2.45) is 0 Å². The van der Waals surface area contributed by atoms with Gasteiger partial charge in [-0.2, -0.15) is 4.72 Å². The van der Waals surface area contributed by atoms with Crippen molar-refractivity contribution in [3.8, 4) is 0 Å². The van der Waals surface area contributed by atoms with Crippen LogP contribution in [0.4, 0.5) is 0 Å². The van der Waals surface area contributed by atoms with Crippen LogP contribution in [0.15, 0.2) is 45.9 Å². The van der Waals surface area contributed by atoms with E-state index in [1.807, 2.05) is 6.92 Å². The number of hydrogen-bond donors (Lipinski definition) is 2. The number of sulfonamides is 1. The van der Waals surface area contributed by atoms with Gasteiger partial charge >= 0.3 is 5.97 Å². The van der Waals surface area contributed by atoms with Gasteiger partial charge in [-0.1, -0.05) is 6.07 Å². The molecule has 2 N–H and O–H groups in total. The monoisotopic (exact) mass is 394 g/mol. The van der Waals surface area contributed by atoms with Crippen LogP contribution in [0.1, 0.15) is 23.8 Å². The van der Waals surface area contributed by atoms with E-state index in [1.165, 1.54) is 25.3 Å². The van der Waals surface area contributed by atoms with Crippen LogP contribution >= 0.6 is 0 Å². The van der Waals surface area contributed by atoms with E-state index in [1.54, 1.807) is 25.1 Å². The SMILES string of the molecule is Cc1ccc(S(=O)(=O)NCC(=O)O[C@@H](C)C(=O)NCc2ccco2)cc1C. The molecule has 2 rings (SSSR count). The van der Waals surface area contributed by atoms with E-state index in [2.05, 4.69) is 10.0 Å². The molecular weight excluding hydrogens is 372 g/mol. The van der Waals surface area contributed by atoms with Crippen molar-refractivity contribution < 1.29 is 27.2 Å². The number of rotatable bonds is 8. The number of amides is 1. The highest BCUT2D eigenvalue weighted by molar-refractivity contribution is 7.89. The molecule has 0 saturated carbocycles. The van der Waals surface area contributed by atoms with Gasteiger partial charge in [0.05, 0.1) is 17.7 Å². The third-order valence-electron chi connectivity index (χ3n) is 3.89. The lowest BCUT2D eigenvalue weighted by Gasteiger charge is -2.13. The van der Waals surface area contributed by atoms with Gasteiger partial charge in [-0.3, -0.25) is 9.59 Å². The number of carbonyl (C=O) groups excluding carboxylic acids is 2. The Hall–Kier alpha value is -2.65. The lowest BCUT2D eigenvalue weighted by Crippen LogP contribution is -2.38. The van der Waals surface area contributed by atoms with E-state index < -0.39 is 34.5 Å². The average molecular weight is 394 g/mol. The van der Waals surface area contributed by atoms with E-state index >= 15 is 0 Å². The molecule has 0 spiro atoms. The normalized spacial score (nSPS) is 12.4. The molecule has 0 aliphatic carbocycles. The van der Waals surface area contributed by atoms with Crippen molar-refractivity contribution >= 4 is 21.9 Å². The van der Waals surface area contributed by atoms with Crippen LogP contribution in [0, 0.1) is 13.8 Å². The molecule has 0 fully saturated rings. The van der Waals surface area contributed by atoms with Crippen LogP contribution in [0.25, 0.3) is 0 Å². The second-order valence-electron chi connectivity index (χ2n) is 6.00. The van der Waals surface area contributed by atoms with Crippen LogP contribution in [-0.2, 0) is 30.9 Å². The summed E-state index contributed by atoms with van der Waals surface area (Å²) in [5, 5.41) is 2.55. The van der Waals surface area contributed by atoms with Gasteiger partial charge in [0.15, 0.2) is 6.10 Å². The molecule has 1 atom stereocenters. The van der Waals surface area contributed by atoms with E-state index in [9.17, 15) is 18.0 Å². The molecule has 1 heterocycles. The first-order chi connectivity index (χ1) is 12.7. The predicted octanol–water partition coefficient (Wildman–Crippen LogP) is 1.42. The zero-order valence-corrected chi connectivity index (χ0v) is 16.1. The molecule has 1 aromatic heterocycles. The summed E-state index contributed by atoms with van der Waals surface area (Å²) in [5.41, 5.74) is 1.78. The first-order valence-electron chi connectivity index (χ1n) is 8.25. The molecule has 2 aromatic rings. The smallest absolute Gasteiger partial charge is 0.321 e. The maximum Gasteiger partial charge on any atom is 0.321 e. The fraction of sp³-hybridized carbons (Fsp3) is 0.333. The average Bonchev–Trinajstić information content (AvgIpc) is 3.13. The molecule has 146 valence electrons. The molecular formula is C18H22N2O6S. The molecule has 27 heavy (non-hydrogen) atoms. The number of aryl methyl sites for hydroxylation is 2. The Labute approximate surface area is 157 Å². The highest BCUT2D eigenvalue weighted by Crippen LogP contribution is 2.14. The van der Waals surface area contributed by atoms with Gasteiger partial charge in [0.2, 0.25) is 10.0 Å². The number of nitrogens with one attached hydrogen (secondary N) is 2. The maximum absolute atomic E-state index is 12.2. The lowest BCUT2D eigenvalue weighted by molar-refractivity contribution is -0.153. The minimum atomic E-state index is -3.85. The van der Waals surface area contributed by atoms with E-state index in [0.29, 0.717) is 5.76 Å². The second kappa shape index (κ2) is 8.83. The topological polar surface area (TPSA) is 115 Å². The van der Waals surface area contributed by atoms with E-state index in [4.69, 9.17) is 9.15 Å². The summed E-state index contributed by atoms with van der Waals surface area (Å²) in [5.74, 6) is -0.817. The number of hydrogen-bond acceptors (Lipinski definition) is 6. The summed E-state index contributed by atoms with van der Waals surface area (Å²) in [6.45, 7) is 4.64. The van der Waals surface area contributed by atoms with Crippen molar-refractivity contribution in [2.75, 3.05) is 6.54 Å². The lowest BCUT2D eigenvalue weighted by atomic mass is 10.1. The number of ether oxygens (including phenoxy) is 1. The molecule has 1 aromatic carbocycles. The highest BCUT2D eigenvalue weighted by atomic mass is 32.2. The van der Waals surface area contributed by atoms with Crippen molar-refractivity contribution in [2.45, 2.75) is 38.3 Å². The van der Waals surface area contributed by atoms with Gasteiger partial charge in [-0.25, -0.2) is 8.42 Å². The van der Waals surface area contributed by atoms with Crippen LogP contribution in [-0.4, -0.2) is 32.9 Å². The third kappa shape index (κ3) is 5.93. The Balaban J connectivity index is 1.83. The molecule has 8 nitrogen and oxygen atoms in total. The number of carbonyl (C=O) groups is 2. The Morgan fingerprint density at radius 2 is 1.93 bits per heavy atom. The molecule has 0 bridgehead atoms. The maximum atomic E-state index is 12.2. The van der Waals surface area contributed by atoms with Crippen LogP contribution in [0.5, 0.6) is 0 Å². The summed E-state index contributed by atoms with van der Waals surface area (Å²) in [4.78, 5) is 23.8. The molecule has 0 saturated heterocycles. The van der Waals surface area contributed by atoms with Gasteiger partial charge < -0.3 is 14.5 Å². The fourth-order valence-electron chi connectivity index (χ4n) is 2.14. The predicted molar refractivity (Wildman–Crippen MR) is 97.2 cm³/mol. The van der Waals surface area contributed by atoms with E-state index in [0.717, 1.165) is 11.1 Å². The van der Waals surface area contributed by atoms with Crippen molar-refractivity contribution in [1.82, 2.24) is 10.0 Å². The van der Waals surface area contributed by atoms with Crippen molar-refractivity contribution in [3.63, 3.8) is 0 Å². The summed E-state index contributed by atoms with van der Waals surface area (Å²) < 4.78 is 36.7. The molecule has 0 aliphatic rings. The first kappa shape index (κ1) is 20.7. The van der Waals surface area contributed by atoms with Gasteiger partial charge in [0.25, 0.3) is 5.91 Å². The van der Waals surface area contributed by atoms with Gasteiger partial charge in [-0.15, -0.1) is 0 Å². The van der Waals surface area contributed by atoms with Gasteiger partial charge in [-0.05, 0) is 56.2 Å². The Morgan fingerprint density at radius 3 is 2.56 bits per heavy atom. The molecule has 0 radical (unpaired) electrons. The van der Waals surface area contributed by atoms with Crippen LogP contribution in [0.3, 0.4) is 0 Å². The zero-order chi connectivity index (χ0) is 20.0. The van der Waals surface area contributed by atoms with E-state index in [-0.39, 0.29) is 11.4 Å². The first-order valence-corrected chi connectivity index (χ1v) is 9.74. The molecule has 1 amide bonds. The van der Waals surface area contributed by atoms with Gasteiger partial charge in [0, 0.05) is 0 Å². The number of esters is 1. The number of furan rings is 1. The fourth-order valence-corrected chi connectivity index (χ4v) is 3.20. The summed E-state index contributed by atoms with van der Waals surface area (Å²) in [6, 6.07) is 8.05. The van der Waals surface area contributed by atoms with Crippen molar-refractivity contribution in [1.29, 1.82) is 0 Å². The molecule has 0 aliphatic heterocycles. The standard InChI is InChI=1S/C18H22N2O6S/c1-12-6-7-16(9-13(12)2)27(23,24)20-11-17(21)26-14(3)18(22)19-10-15-5-4-8-25-15/h4-9,14,20H,10-11H2,1-3H3,(H,19,22)/t14-/m0/s1. The minimum Gasteiger partial charge on any atom is -0.467 e. The van der Waals surface area contributed by atoms with Crippen LogP contribution < -0.4 is 10.0 Å². The molecule has 0 unspecified atom stereocenters. The highest BCUT2D eigenvalue weighted by Gasteiger charge is 2.21. The number of benzene rings is 1. The van der Waals surface area contributed by atoms with Crippen molar-refractivity contribution in [3.05, 3.63) is 53.5 Å². The summed E-state index contributed by atoms with van der Waals surface area (Å²) >= 11 is 0. The third-order valence-corrected chi connectivity index (χ3v) is 5.29. The zero-order valence-electron chi connectivity index (χ0n) is 15.3. The molecule has 9 heteroatoms. The second-order valence-corrected chi connectivity index (χ2v) is 7.77. The minimum absolute atomic E-state index is 0.0580. The summed E-state index contributed by atoms with van der Waals surface area (Å²) in [6.07, 6.45) is 0.408. The summed E-state index contributed by atoms with van der Waals surface area (Å²) in [7, 11) is -3.85. The van der Waals surface area contributed by atoms with Gasteiger partial charge in [0.1, 0.15) is 12.3 Å². The Kier molecular flexibility index (Phi) is 6.75. The Bertz CT molecular complexity index is 906. The Morgan fingerprint density at radius 1 is 1.19 bits per heavy atom.